The zero-order valence-corrected chi connectivity index (χ0v) is 21.7. The van der Waals surface area contributed by atoms with Crippen molar-refractivity contribution in [2.75, 3.05) is 0 Å². The molecule has 0 radical (unpaired) electrons. The normalized spacial score (nSPS) is 12.6. The molecule has 172 valence electrons. The summed E-state index contributed by atoms with van der Waals surface area (Å²) in [7, 11) is 0. The molecule has 1 heterocycles. The van der Waals surface area contributed by atoms with Crippen LogP contribution in [0.1, 0.15) is 52.7 Å². The maximum Gasteiger partial charge on any atom is 0.0556 e. The molecule has 0 aliphatic carbocycles. The van der Waals surface area contributed by atoms with Crippen molar-refractivity contribution in [2.45, 2.75) is 52.4 Å². The number of aromatic nitrogens is 1. The Morgan fingerprint density at radius 1 is 0.588 bits per heavy atom. The summed E-state index contributed by atoms with van der Waals surface area (Å²) in [6.07, 6.45) is 0. The van der Waals surface area contributed by atoms with Gasteiger partial charge in [0.25, 0.3) is 0 Å². The SMILES string of the molecule is CC(C)(C)c1cc(-c2ccc3c4c(Cl)cccc4n(-c4ccccc4)c3c2)cc(C(C)(C)C)c1. The predicted molar refractivity (Wildman–Crippen MR) is 149 cm³/mol. The van der Waals surface area contributed by atoms with Crippen molar-refractivity contribution in [3.63, 3.8) is 0 Å². The van der Waals surface area contributed by atoms with Gasteiger partial charge in [-0.05, 0) is 63.4 Å². The fourth-order valence-electron chi connectivity index (χ4n) is 4.72. The minimum Gasteiger partial charge on any atom is -0.309 e. The van der Waals surface area contributed by atoms with Gasteiger partial charge in [0.05, 0.1) is 16.1 Å². The second-order valence-corrected chi connectivity index (χ2v) is 11.7. The number of benzene rings is 4. The molecular formula is C32H32ClN. The van der Waals surface area contributed by atoms with E-state index in [0.29, 0.717) is 0 Å². The first-order chi connectivity index (χ1) is 16.0. The van der Waals surface area contributed by atoms with Crippen molar-refractivity contribution >= 4 is 33.4 Å². The second kappa shape index (κ2) is 8.03. The van der Waals surface area contributed by atoms with Crippen molar-refractivity contribution in [3.8, 4) is 16.8 Å². The van der Waals surface area contributed by atoms with E-state index in [-0.39, 0.29) is 10.8 Å². The molecule has 0 aliphatic rings. The summed E-state index contributed by atoms with van der Waals surface area (Å²) in [5, 5.41) is 3.07. The van der Waals surface area contributed by atoms with E-state index in [9.17, 15) is 0 Å². The van der Waals surface area contributed by atoms with Crippen LogP contribution in [0, 0.1) is 0 Å². The van der Waals surface area contributed by atoms with Gasteiger partial charge in [0.2, 0.25) is 0 Å². The lowest BCUT2D eigenvalue weighted by Gasteiger charge is -2.26. The van der Waals surface area contributed by atoms with Crippen LogP contribution in [0.2, 0.25) is 5.02 Å². The Morgan fingerprint density at radius 3 is 1.85 bits per heavy atom. The van der Waals surface area contributed by atoms with E-state index in [1.54, 1.807) is 0 Å². The molecule has 0 atom stereocenters. The summed E-state index contributed by atoms with van der Waals surface area (Å²) in [5.41, 5.74) is 8.80. The van der Waals surface area contributed by atoms with Crippen LogP contribution in [-0.4, -0.2) is 4.57 Å². The smallest absolute Gasteiger partial charge is 0.0556 e. The van der Waals surface area contributed by atoms with Gasteiger partial charge >= 0.3 is 0 Å². The Hall–Kier alpha value is -3.03. The van der Waals surface area contributed by atoms with Gasteiger partial charge < -0.3 is 4.57 Å². The summed E-state index contributed by atoms with van der Waals surface area (Å²) >= 11 is 6.72. The molecule has 5 rings (SSSR count). The minimum absolute atomic E-state index is 0.0760. The van der Waals surface area contributed by atoms with Crippen LogP contribution in [0.3, 0.4) is 0 Å². The van der Waals surface area contributed by atoms with Crippen LogP contribution in [0.4, 0.5) is 0 Å². The Kier molecular flexibility index (Phi) is 5.37. The van der Waals surface area contributed by atoms with Gasteiger partial charge in [0.1, 0.15) is 0 Å². The summed E-state index contributed by atoms with van der Waals surface area (Å²) < 4.78 is 2.33. The van der Waals surface area contributed by atoms with E-state index in [2.05, 4.69) is 119 Å². The van der Waals surface area contributed by atoms with E-state index in [1.807, 2.05) is 12.1 Å². The van der Waals surface area contributed by atoms with Gasteiger partial charge in [0.15, 0.2) is 0 Å². The summed E-state index contributed by atoms with van der Waals surface area (Å²) in [5.74, 6) is 0. The third kappa shape index (κ3) is 3.93. The van der Waals surface area contributed by atoms with Crippen LogP contribution < -0.4 is 0 Å². The topological polar surface area (TPSA) is 4.93 Å². The predicted octanol–water partition coefficient (Wildman–Crippen LogP) is 9.70. The van der Waals surface area contributed by atoms with Crippen molar-refractivity contribution in [1.82, 2.24) is 4.57 Å². The molecule has 0 spiro atoms. The third-order valence-corrected chi connectivity index (χ3v) is 7.07. The number of nitrogens with zero attached hydrogens (tertiary/aromatic N) is 1. The molecule has 0 saturated heterocycles. The third-order valence-electron chi connectivity index (χ3n) is 6.75. The zero-order valence-electron chi connectivity index (χ0n) is 20.9. The summed E-state index contributed by atoms with van der Waals surface area (Å²) in [4.78, 5) is 0. The highest BCUT2D eigenvalue weighted by molar-refractivity contribution is 6.38. The van der Waals surface area contributed by atoms with Crippen molar-refractivity contribution < 1.29 is 0 Å². The molecule has 0 amide bonds. The molecule has 4 aromatic carbocycles. The minimum atomic E-state index is 0.0760. The Bertz CT molecular complexity index is 1480. The van der Waals surface area contributed by atoms with Crippen molar-refractivity contribution in [3.05, 3.63) is 101 Å². The zero-order chi connectivity index (χ0) is 24.3. The lowest BCUT2D eigenvalue weighted by atomic mass is 9.79. The molecule has 0 unspecified atom stereocenters. The van der Waals surface area contributed by atoms with Crippen molar-refractivity contribution in [2.24, 2.45) is 0 Å². The van der Waals surface area contributed by atoms with E-state index in [1.165, 1.54) is 33.2 Å². The van der Waals surface area contributed by atoms with E-state index < -0.39 is 0 Å². The van der Waals surface area contributed by atoms with Crippen LogP contribution >= 0.6 is 11.6 Å². The Balaban J connectivity index is 1.83. The molecule has 2 heteroatoms. The lowest BCUT2D eigenvalue weighted by Crippen LogP contribution is -2.16. The highest BCUT2D eigenvalue weighted by atomic mass is 35.5. The average Bonchev–Trinajstić information content (AvgIpc) is 3.13. The second-order valence-electron chi connectivity index (χ2n) is 11.3. The number of fused-ring (bicyclic) bond motifs is 3. The number of hydrogen-bond donors (Lipinski definition) is 0. The number of rotatable bonds is 2. The largest absolute Gasteiger partial charge is 0.309 e. The lowest BCUT2D eigenvalue weighted by molar-refractivity contribution is 0.569. The first-order valence-corrected chi connectivity index (χ1v) is 12.4. The molecule has 34 heavy (non-hydrogen) atoms. The Labute approximate surface area is 208 Å². The van der Waals surface area contributed by atoms with Crippen LogP contribution in [0.15, 0.2) is 84.9 Å². The van der Waals surface area contributed by atoms with E-state index >= 15 is 0 Å². The number of hydrogen-bond acceptors (Lipinski definition) is 0. The molecule has 0 fully saturated rings. The highest BCUT2D eigenvalue weighted by Crippen LogP contribution is 2.39. The molecule has 1 aromatic heterocycles. The van der Waals surface area contributed by atoms with Crippen LogP contribution in [0.25, 0.3) is 38.6 Å². The monoisotopic (exact) mass is 465 g/mol. The Morgan fingerprint density at radius 2 is 1.24 bits per heavy atom. The average molecular weight is 466 g/mol. The van der Waals surface area contributed by atoms with Crippen LogP contribution in [-0.2, 0) is 10.8 Å². The molecule has 0 saturated carbocycles. The first kappa shape index (κ1) is 22.7. The van der Waals surface area contributed by atoms with Gasteiger partial charge in [-0.25, -0.2) is 0 Å². The molecule has 5 aromatic rings. The summed E-state index contributed by atoms with van der Waals surface area (Å²) in [6, 6.07) is 30.6. The van der Waals surface area contributed by atoms with Gasteiger partial charge in [-0.2, -0.15) is 0 Å². The number of para-hydroxylation sites is 1. The van der Waals surface area contributed by atoms with E-state index in [0.717, 1.165) is 21.6 Å². The molecule has 0 N–H and O–H groups in total. The fourth-order valence-corrected chi connectivity index (χ4v) is 4.99. The quantitative estimate of drug-likeness (QED) is 0.244. The molecule has 0 aliphatic heterocycles. The molecule has 1 nitrogen and oxygen atoms in total. The highest BCUT2D eigenvalue weighted by Gasteiger charge is 2.22. The van der Waals surface area contributed by atoms with Gasteiger partial charge in [-0.15, -0.1) is 0 Å². The van der Waals surface area contributed by atoms with E-state index in [4.69, 9.17) is 11.6 Å². The van der Waals surface area contributed by atoms with Gasteiger partial charge in [-0.1, -0.05) is 108 Å². The standard InChI is InChI=1S/C32H32ClN/c1-31(2,3)23-17-22(18-24(20-23)32(4,5)6)21-15-16-26-29(19-21)34(25-11-8-7-9-12-25)28-14-10-13-27(33)30(26)28/h7-20H,1-6H3. The first-order valence-electron chi connectivity index (χ1n) is 12.0. The maximum absolute atomic E-state index is 6.72. The van der Waals surface area contributed by atoms with Crippen molar-refractivity contribution in [1.29, 1.82) is 0 Å². The summed E-state index contributed by atoms with van der Waals surface area (Å²) in [6.45, 7) is 13.7. The maximum atomic E-state index is 6.72. The number of halogens is 1. The van der Waals surface area contributed by atoms with Gasteiger partial charge in [-0.3, -0.25) is 0 Å². The fraction of sp³-hybridized carbons (Fsp3) is 0.250. The molecular weight excluding hydrogens is 434 g/mol. The van der Waals surface area contributed by atoms with Gasteiger partial charge in [0, 0.05) is 16.5 Å². The molecule has 0 bridgehead atoms. The van der Waals surface area contributed by atoms with Crippen LogP contribution in [0.5, 0.6) is 0 Å².